The van der Waals surface area contributed by atoms with E-state index in [1.54, 1.807) is 12.1 Å². The van der Waals surface area contributed by atoms with E-state index >= 15 is 0 Å². The molecule has 0 aliphatic carbocycles. The van der Waals surface area contributed by atoms with Gasteiger partial charge in [0.1, 0.15) is 5.82 Å². The predicted octanol–water partition coefficient (Wildman–Crippen LogP) is 5.70. The van der Waals surface area contributed by atoms with Crippen LogP contribution in [-0.2, 0) is 6.54 Å². The molecule has 0 saturated heterocycles. The summed E-state index contributed by atoms with van der Waals surface area (Å²) in [5.74, 6) is -6.77. The van der Waals surface area contributed by atoms with Crippen LogP contribution in [0.1, 0.15) is 16.1 Å². The predicted molar refractivity (Wildman–Crippen MR) is 108 cm³/mol. The van der Waals surface area contributed by atoms with Crippen molar-refractivity contribution in [2.75, 3.05) is 5.32 Å². The lowest BCUT2D eigenvalue weighted by Gasteiger charge is -2.06. The zero-order valence-corrected chi connectivity index (χ0v) is 17.2. The van der Waals surface area contributed by atoms with Crippen molar-refractivity contribution in [3.63, 3.8) is 0 Å². The molecule has 1 amide bonds. The molecule has 0 saturated carbocycles. The van der Waals surface area contributed by atoms with E-state index in [2.05, 4.69) is 15.6 Å². The van der Waals surface area contributed by atoms with Gasteiger partial charge in [0.25, 0.3) is 5.91 Å². The van der Waals surface area contributed by atoms with Gasteiger partial charge in [0.05, 0.1) is 23.5 Å². The van der Waals surface area contributed by atoms with Crippen LogP contribution in [0.15, 0.2) is 47.2 Å². The van der Waals surface area contributed by atoms with Gasteiger partial charge in [0.15, 0.2) is 28.9 Å². The Morgan fingerprint density at radius 1 is 1.06 bits per heavy atom. The Balaban J connectivity index is 1.48. The van der Waals surface area contributed by atoms with Crippen molar-refractivity contribution in [2.45, 2.75) is 6.54 Å². The molecule has 0 atom stereocenters. The van der Waals surface area contributed by atoms with Gasteiger partial charge in [-0.15, -0.1) is 0 Å². The number of hydrogen-bond donors (Lipinski definition) is 1. The highest BCUT2D eigenvalue weighted by molar-refractivity contribution is 6.36. The van der Waals surface area contributed by atoms with Crippen molar-refractivity contribution in [2.24, 2.45) is 0 Å². The Labute approximate surface area is 187 Å². The summed E-state index contributed by atoms with van der Waals surface area (Å²) in [5.41, 5.74) is -0.152. The number of halogens is 6. The van der Waals surface area contributed by atoms with E-state index in [1.165, 1.54) is 24.5 Å². The first kappa shape index (κ1) is 21.8. The molecule has 12 heteroatoms. The molecule has 2 aromatic heterocycles. The van der Waals surface area contributed by atoms with E-state index in [9.17, 15) is 22.4 Å². The SMILES string of the molecule is O=C(Nc1cnn(Cc2c(F)cc(F)c(F)c2F)c1)c1cc(-c2ccc(Cl)cc2Cl)on1. The third kappa shape index (κ3) is 4.32. The molecule has 0 spiro atoms. The molecule has 0 fully saturated rings. The van der Waals surface area contributed by atoms with Crippen LogP contribution in [0.4, 0.5) is 23.2 Å². The monoisotopic (exact) mass is 484 g/mol. The molecule has 4 rings (SSSR count). The lowest BCUT2D eigenvalue weighted by Crippen LogP contribution is -2.12. The fourth-order valence-electron chi connectivity index (χ4n) is 2.82. The van der Waals surface area contributed by atoms with Crippen molar-refractivity contribution in [1.82, 2.24) is 14.9 Å². The van der Waals surface area contributed by atoms with Gasteiger partial charge in [0, 0.05) is 34.5 Å². The Kier molecular flexibility index (Phi) is 5.90. The molecular formula is C20H10Cl2F4N4O2. The normalized spacial score (nSPS) is 11.1. The molecule has 0 bridgehead atoms. The van der Waals surface area contributed by atoms with Gasteiger partial charge >= 0.3 is 0 Å². The second kappa shape index (κ2) is 8.64. The zero-order chi connectivity index (χ0) is 23.0. The maximum absolute atomic E-state index is 13.8. The van der Waals surface area contributed by atoms with Gasteiger partial charge in [0.2, 0.25) is 0 Å². The van der Waals surface area contributed by atoms with E-state index in [-0.39, 0.29) is 23.2 Å². The van der Waals surface area contributed by atoms with Crippen LogP contribution < -0.4 is 5.32 Å². The van der Waals surface area contributed by atoms with Crippen LogP contribution in [-0.4, -0.2) is 20.8 Å². The summed E-state index contributed by atoms with van der Waals surface area (Å²) >= 11 is 12.0. The zero-order valence-electron chi connectivity index (χ0n) is 15.7. The summed E-state index contributed by atoms with van der Waals surface area (Å²) < 4.78 is 60.3. The average molecular weight is 485 g/mol. The number of aromatic nitrogens is 3. The fraction of sp³-hybridized carbons (Fsp3) is 0.0500. The first-order chi connectivity index (χ1) is 15.2. The number of anilines is 1. The maximum atomic E-state index is 13.8. The molecule has 4 aromatic rings. The largest absolute Gasteiger partial charge is 0.355 e. The van der Waals surface area contributed by atoms with Crippen molar-refractivity contribution < 1.29 is 26.9 Å². The van der Waals surface area contributed by atoms with E-state index in [0.29, 0.717) is 15.6 Å². The molecule has 0 aliphatic rings. The van der Waals surface area contributed by atoms with E-state index in [4.69, 9.17) is 27.7 Å². The first-order valence-electron chi connectivity index (χ1n) is 8.80. The average Bonchev–Trinajstić information content (AvgIpc) is 3.39. The number of amides is 1. The molecule has 6 nitrogen and oxygen atoms in total. The number of rotatable bonds is 5. The van der Waals surface area contributed by atoms with Gasteiger partial charge < -0.3 is 9.84 Å². The number of nitrogens with zero attached hydrogens (tertiary/aromatic N) is 3. The van der Waals surface area contributed by atoms with Crippen LogP contribution >= 0.6 is 23.2 Å². The second-order valence-electron chi connectivity index (χ2n) is 6.53. The molecule has 2 aromatic carbocycles. The molecule has 32 heavy (non-hydrogen) atoms. The minimum absolute atomic E-state index is 0.0727. The van der Waals surface area contributed by atoms with Crippen LogP contribution in [0.25, 0.3) is 11.3 Å². The lowest BCUT2D eigenvalue weighted by molar-refractivity contribution is 0.101. The van der Waals surface area contributed by atoms with Crippen molar-refractivity contribution in [3.05, 3.63) is 87.3 Å². The molecule has 1 N–H and O–H groups in total. The van der Waals surface area contributed by atoms with Crippen LogP contribution in [0.3, 0.4) is 0 Å². The van der Waals surface area contributed by atoms with Gasteiger partial charge in [-0.3, -0.25) is 9.48 Å². The second-order valence-corrected chi connectivity index (χ2v) is 7.37. The Bertz CT molecular complexity index is 1340. The number of hydrogen-bond acceptors (Lipinski definition) is 4. The highest BCUT2D eigenvalue weighted by Gasteiger charge is 2.20. The molecule has 2 heterocycles. The third-order valence-corrected chi connectivity index (χ3v) is 4.91. The fourth-order valence-corrected chi connectivity index (χ4v) is 3.32. The van der Waals surface area contributed by atoms with Crippen molar-refractivity contribution in [3.8, 4) is 11.3 Å². The Hall–Kier alpha value is -3.37. The molecule has 0 radical (unpaired) electrons. The number of carbonyl (C=O) groups excluding carboxylic acids is 1. The standard InChI is InChI=1S/C20H10Cl2F4N4O2/c21-9-1-2-11(13(22)3-9)17-5-16(29-32-17)20(31)28-10-6-27-30(7-10)8-12-14(23)4-15(24)19(26)18(12)25/h1-7H,8H2,(H,28,31). The summed E-state index contributed by atoms with van der Waals surface area (Å²) in [6.07, 6.45) is 2.44. The molecule has 0 aliphatic heterocycles. The van der Waals surface area contributed by atoms with Crippen molar-refractivity contribution >= 4 is 34.8 Å². The summed E-state index contributed by atoms with van der Waals surface area (Å²) in [4.78, 5) is 12.4. The highest BCUT2D eigenvalue weighted by Crippen LogP contribution is 2.31. The van der Waals surface area contributed by atoms with Crippen LogP contribution in [0, 0.1) is 23.3 Å². The lowest BCUT2D eigenvalue weighted by atomic mass is 10.1. The highest BCUT2D eigenvalue weighted by atomic mass is 35.5. The van der Waals surface area contributed by atoms with Crippen molar-refractivity contribution in [1.29, 1.82) is 0 Å². The summed E-state index contributed by atoms with van der Waals surface area (Å²) in [6.45, 7) is -0.534. The summed E-state index contributed by atoms with van der Waals surface area (Å²) in [6, 6.07) is 6.31. The number of benzene rings is 2. The molecular weight excluding hydrogens is 475 g/mol. The van der Waals surface area contributed by atoms with E-state index in [0.717, 1.165) is 4.68 Å². The van der Waals surface area contributed by atoms with E-state index < -0.39 is 41.3 Å². The minimum Gasteiger partial charge on any atom is -0.355 e. The van der Waals surface area contributed by atoms with E-state index in [1.807, 2.05) is 0 Å². The molecule has 164 valence electrons. The van der Waals surface area contributed by atoms with Crippen LogP contribution in [0.5, 0.6) is 0 Å². The first-order valence-corrected chi connectivity index (χ1v) is 9.56. The van der Waals surface area contributed by atoms with Gasteiger partial charge in [-0.05, 0) is 18.2 Å². The van der Waals surface area contributed by atoms with Crippen LogP contribution in [0.2, 0.25) is 10.0 Å². The molecule has 0 unspecified atom stereocenters. The summed E-state index contributed by atoms with van der Waals surface area (Å²) in [7, 11) is 0. The summed E-state index contributed by atoms with van der Waals surface area (Å²) in [5, 5.41) is 10.7. The Morgan fingerprint density at radius 2 is 1.84 bits per heavy atom. The number of nitrogens with one attached hydrogen (secondary N) is 1. The minimum atomic E-state index is -1.79. The number of carbonyl (C=O) groups is 1. The quantitative estimate of drug-likeness (QED) is 0.224. The van der Waals surface area contributed by atoms with Gasteiger partial charge in [-0.2, -0.15) is 5.10 Å². The maximum Gasteiger partial charge on any atom is 0.277 e. The topological polar surface area (TPSA) is 73.0 Å². The third-order valence-electron chi connectivity index (χ3n) is 4.36. The smallest absolute Gasteiger partial charge is 0.277 e. The van der Waals surface area contributed by atoms with Gasteiger partial charge in [-0.25, -0.2) is 17.6 Å². The Morgan fingerprint density at radius 3 is 2.59 bits per heavy atom. The van der Waals surface area contributed by atoms with Gasteiger partial charge in [-0.1, -0.05) is 28.4 Å².